The molecule has 0 spiro atoms. The number of hydrogen-bond donors (Lipinski definition) is 2. The predicted octanol–water partition coefficient (Wildman–Crippen LogP) is 3.06. The van der Waals surface area contributed by atoms with Crippen LogP contribution in [0.4, 0.5) is 0 Å². The van der Waals surface area contributed by atoms with E-state index in [1.54, 1.807) is 31.4 Å². The van der Waals surface area contributed by atoms with E-state index in [2.05, 4.69) is 10.6 Å². The van der Waals surface area contributed by atoms with E-state index < -0.39 is 0 Å². The summed E-state index contributed by atoms with van der Waals surface area (Å²) in [4.78, 5) is 24.2. The summed E-state index contributed by atoms with van der Waals surface area (Å²) in [6.07, 6.45) is 1.59. The Morgan fingerprint density at radius 2 is 1.67 bits per heavy atom. The molecule has 0 aliphatic rings. The zero-order valence-corrected chi connectivity index (χ0v) is 15.9. The number of hydrogen-bond acceptors (Lipinski definition) is 4. The monoisotopic (exact) mass is 368 g/mol. The van der Waals surface area contributed by atoms with Crippen molar-refractivity contribution in [2.75, 3.05) is 14.2 Å². The van der Waals surface area contributed by atoms with Crippen molar-refractivity contribution < 1.29 is 19.1 Å². The summed E-state index contributed by atoms with van der Waals surface area (Å²) in [6, 6.07) is 14.6. The molecular weight excluding hydrogens is 344 g/mol. The van der Waals surface area contributed by atoms with Gasteiger partial charge in [-0.15, -0.1) is 0 Å². The zero-order valence-electron chi connectivity index (χ0n) is 15.9. The lowest BCUT2D eigenvalue weighted by Crippen LogP contribution is -2.35. The first-order chi connectivity index (χ1) is 12.9. The first kappa shape index (κ1) is 20.0. The number of carbonyl (C=O) groups is 2. The van der Waals surface area contributed by atoms with Crippen molar-refractivity contribution in [1.82, 2.24) is 10.6 Å². The van der Waals surface area contributed by atoms with Gasteiger partial charge in [0.05, 0.1) is 20.3 Å². The van der Waals surface area contributed by atoms with E-state index in [1.165, 1.54) is 14.0 Å². The smallest absolute Gasteiger partial charge is 0.268 e. The molecule has 2 N–H and O–H groups in total. The van der Waals surface area contributed by atoms with E-state index >= 15 is 0 Å². The molecule has 0 radical (unpaired) electrons. The largest absolute Gasteiger partial charge is 0.493 e. The Hall–Kier alpha value is -3.28. The fourth-order valence-electron chi connectivity index (χ4n) is 2.56. The topological polar surface area (TPSA) is 76.7 Å². The van der Waals surface area contributed by atoms with E-state index in [9.17, 15) is 9.59 Å². The van der Waals surface area contributed by atoms with E-state index in [1.807, 2.05) is 37.3 Å². The minimum Gasteiger partial charge on any atom is -0.493 e. The molecule has 142 valence electrons. The number of carbonyl (C=O) groups excluding carboxylic acids is 2. The van der Waals surface area contributed by atoms with E-state index in [0.717, 1.165) is 5.56 Å². The van der Waals surface area contributed by atoms with Gasteiger partial charge in [0, 0.05) is 6.92 Å². The second-order valence-electron chi connectivity index (χ2n) is 5.96. The molecule has 2 aromatic carbocycles. The molecule has 0 aliphatic heterocycles. The second kappa shape index (κ2) is 9.43. The van der Waals surface area contributed by atoms with Gasteiger partial charge in [-0.1, -0.05) is 36.4 Å². The fraction of sp³-hybridized carbons (Fsp3) is 0.238. The summed E-state index contributed by atoms with van der Waals surface area (Å²) >= 11 is 0. The Morgan fingerprint density at radius 3 is 2.26 bits per heavy atom. The minimum atomic E-state index is -0.378. The van der Waals surface area contributed by atoms with E-state index in [4.69, 9.17) is 9.47 Å². The van der Waals surface area contributed by atoms with Crippen LogP contribution >= 0.6 is 0 Å². The number of rotatable bonds is 7. The van der Waals surface area contributed by atoms with E-state index in [0.29, 0.717) is 17.1 Å². The molecule has 1 atom stereocenters. The van der Waals surface area contributed by atoms with Gasteiger partial charge in [-0.2, -0.15) is 0 Å². The maximum absolute atomic E-state index is 12.7. The van der Waals surface area contributed by atoms with Crippen molar-refractivity contribution in [3.8, 4) is 11.5 Å². The molecule has 27 heavy (non-hydrogen) atoms. The maximum Gasteiger partial charge on any atom is 0.268 e. The average Bonchev–Trinajstić information content (AvgIpc) is 2.67. The molecule has 6 heteroatoms. The second-order valence-corrected chi connectivity index (χ2v) is 5.96. The highest BCUT2D eigenvalue weighted by molar-refractivity contribution is 6.01. The molecule has 0 aliphatic carbocycles. The van der Waals surface area contributed by atoms with Crippen LogP contribution in [0.5, 0.6) is 11.5 Å². The lowest BCUT2D eigenvalue weighted by Gasteiger charge is -2.16. The van der Waals surface area contributed by atoms with Crippen LogP contribution in [-0.4, -0.2) is 26.0 Å². The summed E-state index contributed by atoms with van der Waals surface area (Å²) in [5, 5.41) is 5.48. The van der Waals surface area contributed by atoms with Gasteiger partial charge >= 0.3 is 0 Å². The zero-order chi connectivity index (χ0) is 19.8. The van der Waals surface area contributed by atoms with Crippen molar-refractivity contribution in [3.05, 3.63) is 65.4 Å². The highest BCUT2D eigenvalue weighted by Crippen LogP contribution is 2.28. The molecule has 0 fully saturated rings. The van der Waals surface area contributed by atoms with Crippen LogP contribution in [0, 0.1) is 0 Å². The molecule has 0 heterocycles. The average molecular weight is 368 g/mol. The van der Waals surface area contributed by atoms with Crippen LogP contribution in [0.2, 0.25) is 0 Å². The van der Waals surface area contributed by atoms with Gasteiger partial charge < -0.3 is 20.1 Å². The van der Waals surface area contributed by atoms with Gasteiger partial charge in [0.1, 0.15) is 5.70 Å². The molecule has 0 saturated heterocycles. The number of amides is 2. The van der Waals surface area contributed by atoms with Crippen LogP contribution in [-0.2, 0) is 9.59 Å². The predicted molar refractivity (Wildman–Crippen MR) is 104 cm³/mol. The third-order valence-electron chi connectivity index (χ3n) is 3.92. The van der Waals surface area contributed by atoms with Crippen LogP contribution in [0.15, 0.2) is 54.2 Å². The summed E-state index contributed by atoms with van der Waals surface area (Å²) in [6.45, 7) is 3.24. The minimum absolute atomic E-state index is 0.150. The number of nitrogens with one attached hydrogen (secondary N) is 2. The summed E-state index contributed by atoms with van der Waals surface area (Å²) in [5.74, 6) is 0.407. The van der Waals surface area contributed by atoms with Crippen molar-refractivity contribution in [2.24, 2.45) is 0 Å². The Balaban J connectivity index is 2.27. The quantitative estimate of drug-likeness (QED) is 0.737. The first-order valence-electron chi connectivity index (χ1n) is 8.51. The van der Waals surface area contributed by atoms with Crippen molar-refractivity contribution in [2.45, 2.75) is 19.9 Å². The van der Waals surface area contributed by atoms with Crippen LogP contribution in [0.25, 0.3) is 6.08 Å². The lowest BCUT2D eigenvalue weighted by atomic mass is 10.1. The normalized spacial score (nSPS) is 12.1. The fourth-order valence-corrected chi connectivity index (χ4v) is 2.56. The van der Waals surface area contributed by atoms with Gasteiger partial charge in [-0.25, -0.2) is 0 Å². The number of benzene rings is 2. The third-order valence-corrected chi connectivity index (χ3v) is 3.92. The molecular formula is C21H24N2O4. The Labute approximate surface area is 159 Å². The summed E-state index contributed by atoms with van der Waals surface area (Å²) in [5.41, 5.74) is 1.82. The maximum atomic E-state index is 12.7. The molecule has 0 saturated carbocycles. The number of ether oxygens (including phenoxy) is 2. The van der Waals surface area contributed by atoms with Crippen molar-refractivity contribution in [1.29, 1.82) is 0 Å². The molecule has 1 unspecified atom stereocenters. The molecule has 0 bridgehead atoms. The lowest BCUT2D eigenvalue weighted by molar-refractivity contribution is -0.122. The van der Waals surface area contributed by atoms with E-state index in [-0.39, 0.29) is 23.6 Å². The highest BCUT2D eigenvalue weighted by atomic mass is 16.5. The highest BCUT2D eigenvalue weighted by Gasteiger charge is 2.15. The molecule has 0 aromatic heterocycles. The summed E-state index contributed by atoms with van der Waals surface area (Å²) < 4.78 is 10.5. The SMILES string of the molecule is COc1ccc(/C=C(\NC(C)=O)C(=O)NC(C)c2ccccc2)cc1OC. The van der Waals surface area contributed by atoms with Gasteiger partial charge in [-0.05, 0) is 36.3 Å². The van der Waals surface area contributed by atoms with Crippen molar-refractivity contribution in [3.63, 3.8) is 0 Å². The van der Waals surface area contributed by atoms with Crippen LogP contribution < -0.4 is 20.1 Å². The Bertz CT molecular complexity index is 831. The molecule has 2 aromatic rings. The van der Waals surface area contributed by atoms with Gasteiger partial charge in [0.25, 0.3) is 5.91 Å². The molecule has 2 amide bonds. The Morgan fingerprint density at radius 1 is 1.00 bits per heavy atom. The van der Waals surface area contributed by atoms with Crippen LogP contribution in [0.3, 0.4) is 0 Å². The third kappa shape index (κ3) is 5.60. The molecule has 6 nitrogen and oxygen atoms in total. The Kier molecular flexibility index (Phi) is 7.00. The first-order valence-corrected chi connectivity index (χ1v) is 8.51. The van der Waals surface area contributed by atoms with Crippen molar-refractivity contribution >= 4 is 17.9 Å². The van der Waals surface area contributed by atoms with Gasteiger partial charge in [0.15, 0.2) is 11.5 Å². The van der Waals surface area contributed by atoms with Gasteiger partial charge in [-0.3, -0.25) is 9.59 Å². The van der Waals surface area contributed by atoms with Crippen LogP contribution in [0.1, 0.15) is 31.0 Å². The standard InChI is InChI=1S/C21H24N2O4/c1-14(17-8-6-5-7-9-17)22-21(25)18(23-15(2)24)12-16-10-11-19(26-3)20(13-16)27-4/h5-14H,1-4H3,(H,22,25)(H,23,24)/b18-12-. The summed E-state index contributed by atoms with van der Waals surface area (Å²) in [7, 11) is 3.09. The molecule has 2 rings (SSSR count). The number of methoxy groups -OCH3 is 2. The van der Waals surface area contributed by atoms with Gasteiger partial charge in [0.2, 0.25) is 5.91 Å².